The lowest BCUT2D eigenvalue weighted by molar-refractivity contribution is -0.128. The van der Waals surface area contributed by atoms with Crippen molar-refractivity contribution in [1.82, 2.24) is 14.9 Å². The van der Waals surface area contributed by atoms with Gasteiger partial charge in [0, 0.05) is 30.1 Å². The molecule has 0 radical (unpaired) electrons. The zero-order valence-electron chi connectivity index (χ0n) is 18.4. The first kappa shape index (κ1) is 23.8. The highest BCUT2D eigenvalue weighted by atomic mass is 35.5. The van der Waals surface area contributed by atoms with Crippen molar-refractivity contribution in [2.45, 2.75) is 18.9 Å². The highest BCUT2D eigenvalue weighted by Crippen LogP contribution is 2.39. The molecule has 0 aliphatic carbocycles. The molecule has 3 aromatic rings. The van der Waals surface area contributed by atoms with Gasteiger partial charge in [0.1, 0.15) is 28.7 Å². The number of nitrogens with zero attached hydrogens (tertiary/aromatic N) is 3. The highest BCUT2D eigenvalue weighted by molar-refractivity contribution is 6.31. The third kappa shape index (κ3) is 4.53. The number of halogens is 3. The molecular formula is C24H23ClF2N4O3. The number of hydrogen-bond acceptors (Lipinski definition) is 6. The summed E-state index contributed by atoms with van der Waals surface area (Å²) in [4.78, 5) is 22.0. The highest BCUT2D eigenvalue weighted by Gasteiger charge is 2.30. The van der Waals surface area contributed by atoms with E-state index >= 15 is 0 Å². The standard InChI is InChI=1S/C24H23ClF2N4O3/c1-3-20(32)31-8-6-13(7-9-31)23(33)15-10-14-18(11-19(15)34-2)28-12-29-24(14)30-17-5-4-16(26)21(25)22(17)27/h3-5,10-13,23,33H,1,6-9H2,2H3,(H,28,29,30). The Labute approximate surface area is 200 Å². The minimum Gasteiger partial charge on any atom is -0.496 e. The molecule has 1 aromatic heterocycles. The Morgan fingerprint density at radius 3 is 2.74 bits per heavy atom. The summed E-state index contributed by atoms with van der Waals surface area (Å²) >= 11 is 5.70. The summed E-state index contributed by atoms with van der Waals surface area (Å²) < 4.78 is 33.5. The van der Waals surface area contributed by atoms with Crippen molar-refractivity contribution in [3.8, 4) is 5.75 Å². The number of carbonyl (C=O) groups is 1. The predicted octanol–water partition coefficient (Wildman–Crippen LogP) is 4.77. The van der Waals surface area contributed by atoms with E-state index in [4.69, 9.17) is 16.3 Å². The van der Waals surface area contributed by atoms with Gasteiger partial charge in [-0.05, 0) is 43.0 Å². The molecule has 178 valence electrons. The fraction of sp³-hybridized carbons (Fsp3) is 0.292. The van der Waals surface area contributed by atoms with Crippen molar-refractivity contribution >= 4 is 39.9 Å². The third-order valence-electron chi connectivity index (χ3n) is 6.07. The van der Waals surface area contributed by atoms with Gasteiger partial charge in [-0.3, -0.25) is 4.79 Å². The van der Waals surface area contributed by atoms with Crippen molar-refractivity contribution in [3.63, 3.8) is 0 Å². The number of benzene rings is 2. The van der Waals surface area contributed by atoms with Crippen LogP contribution in [0.2, 0.25) is 5.02 Å². The van der Waals surface area contributed by atoms with Crippen LogP contribution in [0.3, 0.4) is 0 Å². The number of fused-ring (bicyclic) bond motifs is 1. The largest absolute Gasteiger partial charge is 0.496 e. The summed E-state index contributed by atoms with van der Waals surface area (Å²) in [6.45, 7) is 4.55. The zero-order chi connectivity index (χ0) is 24.4. The number of nitrogens with one attached hydrogen (secondary N) is 1. The first-order valence-electron chi connectivity index (χ1n) is 10.7. The van der Waals surface area contributed by atoms with Crippen molar-refractivity contribution in [2.24, 2.45) is 5.92 Å². The molecule has 10 heteroatoms. The molecular weight excluding hydrogens is 466 g/mol. The van der Waals surface area contributed by atoms with Gasteiger partial charge in [0.05, 0.1) is 24.4 Å². The Morgan fingerprint density at radius 1 is 1.32 bits per heavy atom. The molecule has 1 unspecified atom stereocenters. The van der Waals surface area contributed by atoms with Crippen LogP contribution in [0.25, 0.3) is 10.9 Å². The number of hydrogen-bond donors (Lipinski definition) is 2. The Hall–Kier alpha value is -3.30. The lowest BCUT2D eigenvalue weighted by Gasteiger charge is -2.34. The summed E-state index contributed by atoms with van der Waals surface area (Å²) in [7, 11) is 1.50. The zero-order valence-corrected chi connectivity index (χ0v) is 19.1. The monoisotopic (exact) mass is 488 g/mol. The van der Waals surface area contributed by atoms with Crippen LogP contribution in [0, 0.1) is 17.6 Å². The summed E-state index contributed by atoms with van der Waals surface area (Å²) in [5, 5.41) is 13.9. The molecule has 34 heavy (non-hydrogen) atoms. The summed E-state index contributed by atoms with van der Waals surface area (Å²) in [6, 6.07) is 5.65. The van der Waals surface area contributed by atoms with Crippen molar-refractivity contribution in [1.29, 1.82) is 0 Å². The quantitative estimate of drug-likeness (QED) is 0.384. The number of anilines is 2. The maximum atomic E-state index is 14.5. The van der Waals surface area contributed by atoms with Gasteiger partial charge in [0.2, 0.25) is 5.91 Å². The van der Waals surface area contributed by atoms with Gasteiger partial charge in [-0.25, -0.2) is 18.7 Å². The average molecular weight is 489 g/mol. The van der Waals surface area contributed by atoms with Crippen molar-refractivity contribution in [2.75, 3.05) is 25.5 Å². The number of ether oxygens (including phenoxy) is 1. The number of aliphatic hydroxyl groups is 1. The molecule has 0 spiro atoms. The van der Waals surface area contributed by atoms with E-state index in [-0.39, 0.29) is 23.3 Å². The van der Waals surface area contributed by atoms with Crippen molar-refractivity contribution < 1.29 is 23.4 Å². The normalized spacial score (nSPS) is 15.3. The second-order valence-corrected chi connectivity index (χ2v) is 8.37. The van der Waals surface area contributed by atoms with E-state index in [0.717, 1.165) is 6.07 Å². The van der Waals surface area contributed by atoms with Gasteiger partial charge in [0.15, 0.2) is 5.82 Å². The lowest BCUT2D eigenvalue weighted by Crippen LogP contribution is -2.38. The number of amides is 1. The summed E-state index contributed by atoms with van der Waals surface area (Å²) in [5.41, 5.74) is 0.979. The number of methoxy groups -OCH3 is 1. The van der Waals surface area contributed by atoms with Gasteiger partial charge in [-0.2, -0.15) is 0 Å². The van der Waals surface area contributed by atoms with E-state index in [1.54, 1.807) is 17.0 Å². The second kappa shape index (κ2) is 9.90. The topological polar surface area (TPSA) is 87.6 Å². The number of aliphatic hydroxyl groups excluding tert-OH is 1. The molecule has 1 aliphatic heterocycles. The summed E-state index contributed by atoms with van der Waals surface area (Å²) in [6.07, 6.45) is 2.94. The first-order valence-corrected chi connectivity index (χ1v) is 11.0. The molecule has 0 bridgehead atoms. The SMILES string of the molecule is C=CC(=O)N1CCC(C(O)c2cc3c(Nc4ccc(F)c(Cl)c4F)ncnc3cc2OC)CC1. The molecule has 2 aromatic carbocycles. The smallest absolute Gasteiger partial charge is 0.245 e. The van der Waals surface area contributed by atoms with E-state index in [0.29, 0.717) is 48.1 Å². The fourth-order valence-electron chi connectivity index (χ4n) is 4.18. The molecule has 1 atom stereocenters. The fourth-order valence-corrected chi connectivity index (χ4v) is 4.34. The molecule has 4 rings (SSSR count). The van der Waals surface area contributed by atoms with Gasteiger partial charge >= 0.3 is 0 Å². The number of piperidine rings is 1. The van der Waals surface area contributed by atoms with Crippen LogP contribution < -0.4 is 10.1 Å². The first-order chi connectivity index (χ1) is 16.3. The van der Waals surface area contributed by atoms with E-state index < -0.39 is 22.8 Å². The van der Waals surface area contributed by atoms with Gasteiger partial charge in [-0.1, -0.05) is 18.2 Å². The van der Waals surface area contributed by atoms with Crippen LogP contribution in [0.5, 0.6) is 5.75 Å². The molecule has 1 fully saturated rings. The number of rotatable bonds is 6. The Balaban J connectivity index is 1.67. The Bertz CT molecular complexity index is 1250. The van der Waals surface area contributed by atoms with Crippen LogP contribution in [0.1, 0.15) is 24.5 Å². The number of aromatic nitrogens is 2. The van der Waals surface area contributed by atoms with Crippen LogP contribution in [-0.4, -0.2) is 46.1 Å². The van der Waals surface area contributed by atoms with E-state index in [1.165, 1.54) is 25.6 Å². The van der Waals surface area contributed by atoms with Crippen LogP contribution in [0.15, 0.2) is 43.2 Å². The molecule has 2 heterocycles. The number of likely N-dealkylation sites (tertiary alicyclic amines) is 1. The Morgan fingerprint density at radius 2 is 2.06 bits per heavy atom. The van der Waals surface area contributed by atoms with Crippen LogP contribution in [0.4, 0.5) is 20.3 Å². The van der Waals surface area contributed by atoms with Crippen molar-refractivity contribution in [3.05, 3.63) is 65.5 Å². The van der Waals surface area contributed by atoms with Gasteiger partial charge in [-0.15, -0.1) is 0 Å². The molecule has 1 saturated heterocycles. The van der Waals surface area contributed by atoms with Crippen LogP contribution in [-0.2, 0) is 4.79 Å². The molecule has 0 saturated carbocycles. The van der Waals surface area contributed by atoms with Gasteiger partial charge in [0.25, 0.3) is 0 Å². The minimum absolute atomic E-state index is 0.0522. The second-order valence-electron chi connectivity index (χ2n) is 7.99. The van der Waals surface area contributed by atoms with E-state index in [1.807, 2.05) is 0 Å². The minimum atomic E-state index is -0.942. The maximum absolute atomic E-state index is 14.5. The molecule has 7 nitrogen and oxygen atoms in total. The van der Waals surface area contributed by atoms with Gasteiger partial charge < -0.3 is 20.1 Å². The lowest BCUT2D eigenvalue weighted by atomic mass is 9.86. The molecule has 1 amide bonds. The van der Waals surface area contributed by atoms with E-state index in [9.17, 15) is 18.7 Å². The molecule has 1 aliphatic rings. The maximum Gasteiger partial charge on any atom is 0.245 e. The van der Waals surface area contributed by atoms with Crippen LogP contribution >= 0.6 is 11.6 Å². The summed E-state index contributed by atoms with van der Waals surface area (Å²) in [5.74, 6) is -1.33. The predicted molar refractivity (Wildman–Crippen MR) is 125 cm³/mol. The third-order valence-corrected chi connectivity index (χ3v) is 6.41. The average Bonchev–Trinajstić information content (AvgIpc) is 2.87. The number of carbonyl (C=O) groups excluding carboxylic acids is 1. The molecule has 2 N–H and O–H groups in total. The van der Waals surface area contributed by atoms with E-state index in [2.05, 4.69) is 21.9 Å². The Kier molecular flexibility index (Phi) is 6.95.